The first-order chi connectivity index (χ1) is 11.2. The van der Waals surface area contributed by atoms with Crippen LogP contribution in [0.1, 0.15) is 64.2 Å². The topological polar surface area (TPSA) is 36.1 Å². The predicted molar refractivity (Wildman–Crippen MR) is 92.3 cm³/mol. The number of hydrogen-bond acceptors (Lipinski definition) is 3. The van der Waals surface area contributed by atoms with E-state index in [0.717, 1.165) is 29.3 Å². The molecular formula is C20H33N3. The van der Waals surface area contributed by atoms with Gasteiger partial charge in [0.15, 0.2) is 0 Å². The molecule has 0 amide bonds. The third-order valence-corrected chi connectivity index (χ3v) is 9.07. The van der Waals surface area contributed by atoms with Gasteiger partial charge < -0.3 is 16.0 Å². The minimum atomic E-state index is 0.560. The van der Waals surface area contributed by atoms with Crippen molar-refractivity contribution >= 4 is 0 Å². The van der Waals surface area contributed by atoms with Crippen molar-refractivity contribution in [2.45, 2.75) is 81.8 Å². The van der Waals surface area contributed by atoms with Crippen molar-refractivity contribution in [2.75, 3.05) is 19.6 Å². The normalized spacial score (nSPS) is 52.2. The van der Waals surface area contributed by atoms with E-state index in [2.05, 4.69) is 16.0 Å². The Morgan fingerprint density at radius 3 is 2.26 bits per heavy atom. The predicted octanol–water partition coefficient (Wildman–Crippen LogP) is 2.42. The maximum Gasteiger partial charge on any atom is 0.0225 e. The number of rotatable bonds is 2. The van der Waals surface area contributed by atoms with Crippen LogP contribution in [-0.2, 0) is 0 Å². The Labute approximate surface area is 140 Å². The molecule has 3 saturated heterocycles. The van der Waals surface area contributed by atoms with E-state index in [1.165, 1.54) is 83.8 Å². The van der Waals surface area contributed by atoms with Gasteiger partial charge in [0.1, 0.15) is 0 Å². The molecule has 6 fully saturated rings. The highest BCUT2D eigenvalue weighted by molar-refractivity contribution is 5.17. The van der Waals surface area contributed by atoms with Crippen LogP contribution in [0.15, 0.2) is 0 Å². The molecule has 5 unspecified atom stereocenters. The summed E-state index contributed by atoms with van der Waals surface area (Å²) in [6.45, 7) is 3.92. The second-order valence-electron chi connectivity index (χ2n) is 10.2. The summed E-state index contributed by atoms with van der Waals surface area (Å²) in [5, 5.41) is 11.9. The summed E-state index contributed by atoms with van der Waals surface area (Å²) >= 11 is 0. The minimum absolute atomic E-state index is 0.560. The number of hydrogen-bond donors (Lipinski definition) is 3. The summed E-state index contributed by atoms with van der Waals surface area (Å²) in [5.74, 6) is 1.90. The van der Waals surface area contributed by atoms with Gasteiger partial charge in [-0.1, -0.05) is 0 Å². The Balaban J connectivity index is 1.17. The molecule has 3 nitrogen and oxygen atoms in total. The van der Waals surface area contributed by atoms with Crippen molar-refractivity contribution in [2.24, 2.45) is 22.7 Å². The largest absolute Gasteiger partial charge is 0.313 e. The number of nitrogens with one attached hydrogen (secondary N) is 3. The van der Waals surface area contributed by atoms with Gasteiger partial charge in [0.25, 0.3) is 0 Å². The second kappa shape index (κ2) is 4.53. The summed E-state index contributed by atoms with van der Waals surface area (Å²) in [6, 6.07) is 1.66. The van der Waals surface area contributed by atoms with Crippen molar-refractivity contribution in [3.05, 3.63) is 0 Å². The molecule has 0 radical (unpaired) electrons. The van der Waals surface area contributed by atoms with Gasteiger partial charge in [0.2, 0.25) is 0 Å². The van der Waals surface area contributed by atoms with E-state index < -0.39 is 0 Å². The van der Waals surface area contributed by atoms with E-state index in [0.29, 0.717) is 11.0 Å². The van der Waals surface area contributed by atoms with E-state index in [4.69, 9.17) is 0 Å². The third kappa shape index (κ3) is 1.99. The van der Waals surface area contributed by atoms with Crippen LogP contribution in [0.5, 0.6) is 0 Å². The molecule has 0 aromatic rings. The van der Waals surface area contributed by atoms with Crippen LogP contribution < -0.4 is 16.0 Å². The highest BCUT2D eigenvalue weighted by Gasteiger charge is 2.61. The van der Waals surface area contributed by atoms with Crippen molar-refractivity contribution in [3.63, 3.8) is 0 Å². The Morgan fingerprint density at radius 1 is 0.739 bits per heavy atom. The van der Waals surface area contributed by atoms with Crippen LogP contribution in [0.3, 0.4) is 0 Å². The van der Waals surface area contributed by atoms with E-state index in [1.54, 1.807) is 0 Å². The first kappa shape index (κ1) is 14.1. The molecule has 3 spiro atoms. The standard InChI is InChI=1S/C20H33N3/c1-2-15(20(7-8-20)23-9-1)17-11-19(13-22-17)4-3-14(19)16-10-18(5-6-18)12-21-16/h14-17,21-23H,1-13H2. The van der Waals surface area contributed by atoms with Gasteiger partial charge in [-0.15, -0.1) is 0 Å². The van der Waals surface area contributed by atoms with Gasteiger partial charge in [-0.3, -0.25) is 0 Å². The van der Waals surface area contributed by atoms with Crippen LogP contribution in [0.2, 0.25) is 0 Å². The Kier molecular flexibility index (Phi) is 2.78. The van der Waals surface area contributed by atoms with Crippen LogP contribution in [0.25, 0.3) is 0 Å². The van der Waals surface area contributed by atoms with Crippen LogP contribution in [0.4, 0.5) is 0 Å². The summed E-state index contributed by atoms with van der Waals surface area (Å²) < 4.78 is 0. The van der Waals surface area contributed by atoms with Gasteiger partial charge in [-0.25, -0.2) is 0 Å². The van der Waals surface area contributed by atoms with Gasteiger partial charge in [-0.05, 0) is 93.4 Å². The summed E-state index contributed by atoms with van der Waals surface area (Å²) in [4.78, 5) is 0. The summed E-state index contributed by atoms with van der Waals surface area (Å²) in [7, 11) is 0. The van der Waals surface area contributed by atoms with Gasteiger partial charge in [0, 0.05) is 30.7 Å². The van der Waals surface area contributed by atoms with Crippen molar-refractivity contribution < 1.29 is 0 Å². The summed E-state index contributed by atoms with van der Waals surface area (Å²) in [5.41, 5.74) is 1.99. The lowest BCUT2D eigenvalue weighted by Crippen LogP contribution is -2.51. The first-order valence-corrected chi connectivity index (χ1v) is 10.4. The average molecular weight is 316 g/mol. The van der Waals surface area contributed by atoms with Crippen LogP contribution >= 0.6 is 0 Å². The fourth-order valence-corrected chi connectivity index (χ4v) is 7.16. The fourth-order valence-electron chi connectivity index (χ4n) is 7.16. The van der Waals surface area contributed by atoms with E-state index in [9.17, 15) is 0 Å². The summed E-state index contributed by atoms with van der Waals surface area (Å²) in [6.07, 6.45) is 14.7. The highest BCUT2D eigenvalue weighted by Crippen LogP contribution is 2.61. The molecule has 3 aliphatic heterocycles. The van der Waals surface area contributed by atoms with Crippen molar-refractivity contribution in [1.29, 1.82) is 0 Å². The van der Waals surface area contributed by atoms with Crippen molar-refractivity contribution in [1.82, 2.24) is 16.0 Å². The molecule has 0 aromatic heterocycles. The quantitative estimate of drug-likeness (QED) is 0.732. The zero-order chi connectivity index (χ0) is 15.1. The molecule has 3 N–H and O–H groups in total. The van der Waals surface area contributed by atoms with Crippen LogP contribution in [-0.4, -0.2) is 37.3 Å². The molecule has 0 aromatic carbocycles. The SMILES string of the molecule is C1CNC2(CC2)C(C2CC3(CCC3C3CC4(CC4)CN3)CN2)C1. The molecular weight excluding hydrogens is 282 g/mol. The minimum Gasteiger partial charge on any atom is -0.313 e. The average Bonchev–Trinajstić information content (AvgIpc) is 3.37. The second-order valence-corrected chi connectivity index (χ2v) is 10.2. The molecule has 0 bridgehead atoms. The maximum absolute atomic E-state index is 4.04. The van der Waals surface area contributed by atoms with Gasteiger partial charge in [-0.2, -0.15) is 0 Å². The Bertz CT molecular complexity index is 509. The smallest absolute Gasteiger partial charge is 0.0225 e. The Morgan fingerprint density at radius 2 is 1.57 bits per heavy atom. The molecule has 23 heavy (non-hydrogen) atoms. The lowest BCUT2D eigenvalue weighted by atomic mass is 9.55. The van der Waals surface area contributed by atoms with Gasteiger partial charge >= 0.3 is 0 Å². The Hall–Kier alpha value is -0.120. The molecule has 128 valence electrons. The van der Waals surface area contributed by atoms with E-state index in [1.807, 2.05) is 0 Å². The van der Waals surface area contributed by atoms with E-state index >= 15 is 0 Å². The molecule has 3 saturated carbocycles. The monoisotopic (exact) mass is 315 g/mol. The number of piperidine rings is 1. The maximum atomic E-state index is 4.04. The zero-order valence-electron chi connectivity index (χ0n) is 14.5. The fraction of sp³-hybridized carbons (Fsp3) is 1.00. The van der Waals surface area contributed by atoms with Crippen molar-refractivity contribution in [3.8, 4) is 0 Å². The molecule has 5 atom stereocenters. The third-order valence-electron chi connectivity index (χ3n) is 9.07. The highest BCUT2D eigenvalue weighted by atomic mass is 15.1. The lowest BCUT2D eigenvalue weighted by molar-refractivity contribution is 0.0183. The van der Waals surface area contributed by atoms with Crippen LogP contribution in [0, 0.1) is 22.7 Å². The molecule has 6 aliphatic rings. The van der Waals surface area contributed by atoms with Gasteiger partial charge in [0.05, 0.1) is 0 Å². The molecule has 3 heteroatoms. The zero-order valence-corrected chi connectivity index (χ0v) is 14.5. The lowest BCUT2D eigenvalue weighted by Gasteiger charge is -2.50. The first-order valence-electron chi connectivity index (χ1n) is 10.4. The molecule has 3 aliphatic carbocycles. The van der Waals surface area contributed by atoms with E-state index in [-0.39, 0.29) is 0 Å². The molecule has 6 rings (SSSR count). The molecule has 3 heterocycles.